The van der Waals surface area contributed by atoms with Gasteiger partial charge in [-0.25, -0.2) is 0 Å². The standard InChI is InChI=1S/C11H23NO2/c1-4-6-7-8-10(3)12(5-2)9-11(13)14/h10H,4-9H2,1-3H3,(H,13,14). The lowest BCUT2D eigenvalue weighted by Gasteiger charge is -2.25. The molecule has 84 valence electrons. The number of rotatable bonds is 8. The number of likely N-dealkylation sites (N-methyl/N-ethyl adjacent to an activating group) is 1. The van der Waals surface area contributed by atoms with Crippen LogP contribution in [0, 0.1) is 0 Å². The summed E-state index contributed by atoms with van der Waals surface area (Å²) >= 11 is 0. The van der Waals surface area contributed by atoms with Gasteiger partial charge in [-0.3, -0.25) is 9.69 Å². The van der Waals surface area contributed by atoms with Gasteiger partial charge in [-0.1, -0.05) is 33.1 Å². The monoisotopic (exact) mass is 201 g/mol. The summed E-state index contributed by atoms with van der Waals surface area (Å²) in [6.07, 6.45) is 4.77. The van der Waals surface area contributed by atoms with E-state index in [1.165, 1.54) is 19.3 Å². The van der Waals surface area contributed by atoms with E-state index in [-0.39, 0.29) is 6.54 Å². The average Bonchev–Trinajstić information content (AvgIpc) is 2.14. The van der Waals surface area contributed by atoms with Crippen molar-refractivity contribution >= 4 is 5.97 Å². The predicted molar refractivity (Wildman–Crippen MR) is 58.5 cm³/mol. The van der Waals surface area contributed by atoms with E-state index in [1.54, 1.807) is 0 Å². The number of nitrogens with zero attached hydrogens (tertiary/aromatic N) is 1. The zero-order valence-corrected chi connectivity index (χ0v) is 9.62. The summed E-state index contributed by atoms with van der Waals surface area (Å²) in [6.45, 7) is 7.30. The molecule has 3 nitrogen and oxygen atoms in total. The molecule has 0 amide bonds. The zero-order valence-electron chi connectivity index (χ0n) is 9.62. The minimum atomic E-state index is -0.728. The summed E-state index contributed by atoms with van der Waals surface area (Å²) < 4.78 is 0. The van der Waals surface area contributed by atoms with Gasteiger partial charge >= 0.3 is 5.97 Å². The van der Waals surface area contributed by atoms with Crippen LogP contribution in [0.3, 0.4) is 0 Å². The smallest absolute Gasteiger partial charge is 0.317 e. The van der Waals surface area contributed by atoms with E-state index < -0.39 is 5.97 Å². The Labute approximate surface area is 87.1 Å². The van der Waals surface area contributed by atoms with Crippen LogP contribution < -0.4 is 0 Å². The maximum absolute atomic E-state index is 10.6. The van der Waals surface area contributed by atoms with Crippen LogP contribution in [-0.2, 0) is 4.79 Å². The van der Waals surface area contributed by atoms with Gasteiger partial charge in [-0.05, 0) is 19.9 Å². The SMILES string of the molecule is CCCCCC(C)N(CC)CC(=O)O. The van der Waals surface area contributed by atoms with Crippen LogP contribution >= 0.6 is 0 Å². The van der Waals surface area contributed by atoms with Crippen LogP contribution in [0.5, 0.6) is 0 Å². The highest BCUT2D eigenvalue weighted by molar-refractivity contribution is 5.69. The Morgan fingerprint density at radius 1 is 1.36 bits per heavy atom. The van der Waals surface area contributed by atoms with Gasteiger partial charge in [-0.2, -0.15) is 0 Å². The largest absolute Gasteiger partial charge is 0.480 e. The van der Waals surface area contributed by atoms with E-state index in [2.05, 4.69) is 13.8 Å². The molecule has 0 saturated carbocycles. The van der Waals surface area contributed by atoms with Crippen LogP contribution in [0.2, 0.25) is 0 Å². The van der Waals surface area contributed by atoms with Gasteiger partial charge < -0.3 is 5.11 Å². The van der Waals surface area contributed by atoms with Gasteiger partial charge in [0.05, 0.1) is 6.54 Å². The number of unbranched alkanes of at least 4 members (excludes halogenated alkanes) is 2. The van der Waals surface area contributed by atoms with E-state index in [1.807, 2.05) is 11.8 Å². The van der Waals surface area contributed by atoms with Crippen molar-refractivity contribution in [3.05, 3.63) is 0 Å². The van der Waals surface area contributed by atoms with E-state index in [0.717, 1.165) is 13.0 Å². The molecule has 1 atom stereocenters. The van der Waals surface area contributed by atoms with Crippen molar-refractivity contribution in [2.45, 2.75) is 52.5 Å². The Kier molecular flexibility index (Phi) is 7.48. The zero-order chi connectivity index (χ0) is 11.0. The van der Waals surface area contributed by atoms with E-state index in [4.69, 9.17) is 5.11 Å². The summed E-state index contributed by atoms with van der Waals surface area (Å²) in [6, 6.07) is 0.391. The average molecular weight is 201 g/mol. The van der Waals surface area contributed by atoms with E-state index in [9.17, 15) is 4.79 Å². The highest BCUT2D eigenvalue weighted by Crippen LogP contribution is 2.09. The topological polar surface area (TPSA) is 40.5 Å². The number of carboxylic acids is 1. The number of carboxylic acid groups (broad SMARTS) is 1. The first-order valence-electron chi connectivity index (χ1n) is 5.57. The summed E-state index contributed by atoms with van der Waals surface area (Å²) in [5.41, 5.74) is 0. The molecule has 0 heterocycles. The van der Waals surface area contributed by atoms with Crippen molar-refractivity contribution in [1.82, 2.24) is 4.90 Å². The number of aliphatic carboxylic acids is 1. The van der Waals surface area contributed by atoms with Crippen molar-refractivity contribution in [3.63, 3.8) is 0 Å². The van der Waals surface area contributed by atoms with Crippen LogP contribution in [0.25, 0.3) is 0 Å². The van der Waals surface area contributed by atoms with Gasteiger partial charge in [0, 0.05) is 6.04 Å². The molecule has 0 aliphatic carbocycles. The molecule has 0 aromatic carbocycles. The van der Waals surface area contributed by atoms with Gasteiger partial charge in [0.2, 0.25) is 0 Å². The molecule has 0 aliphatic heterocycles. The number of carbonyl (C=O) groups is 1. The minimum absolute atomic E-state index is 0.170. The fraction of sp³-hybridized carbons (Fsp3) is 0.909. The Balaban J connectivity index is 3.78. The van der Waals surface area contributed by atoms with Crippen molar-refractivity contribution in [3.8, 4) is 0 Å². The third-order valence-electron chi connectivity index (χ3n) is 2.59. The quantitative estimate of drug-likeness (QED) is 0.613. The predicted octanol–water partition coefficient (Wildman–Crippen LogP) is 2.36. The first-order chi connectivity index (χ1) is 6.61. The van der Waals surface area contributed by atoms with Crippen molar-refractivity contribution in [2.75, 3.05) is 13.1 Å². The van der Waals surface area contributed by atoms with Crippen molar-refractivity contribution in [2.24, 2.45) is 0 Å². The van der Waals surface area contributed by atoms with Crippen molar-refractivity contribution < 1.29 is 9.90 Å². The molecular formula is C11H23NO2. The summed E-state index contributed by atoms with van der Waals surface area (Å²) in [7, 11) is 0. The molecule has 0 aliphatic rings. The third kappa shape index (κ3) is 5.97. The molecule has 0 rings (SSSR count). The Bertz CT molecular complexity index is 159. The second kappa shape index (κ2) is 7.80. The summed E-state index contributed by atoms with van der Waals surface area (Å²) in [5.74, 6) is -0.728. The van der Waals surface area contributed by atoms with Crippen LogP contribution in [0.15, 0.2) is 0 Å². The van der Waals surface area contributed by atoms with Crippen LogP contribution in [-0.4, -0.2) is 35.1 Å². The van der Waals surface area contributed by atoms with Gasteiger partial charge in [-0.15, -0.1) is 0 Å². The lowest BCUT2D eigenvalue weighted by atomic mass is 10.1. The number of hydrogen-bond acceptors (Lipinski definition) is 2. The maximum Gasteiger partial charge on any atom is 0.317 e. The highest BCUT2D eigenvalue weighted by atomic mass is 16.4. The molecule has 0 aromatic rings. The Morgan fingerprint density at radius 2 is 2.00 bits per heavy atom. The molecule has 0 saturated heterocycles. The Morgan fingerprint density at radius 3 is 2.43 bits per heavy atom. The molecule has 0 spiro atoms. The second-order valence-electron chi connectivity index (χ2n) is 3.80. The Hall–Kier alpha value is -0.570. The normalized spacial score (nSPS) is 13.1. The molecule has 0 fully saturated rings. The molecule has 1 unspecified atom stereocenters. The van der Waals surface area contributed by atoms with Crippen LogP contribution in [0.1, 0.15) is 46.5 Å². The summed E-state index contributed by atoms with van der Waals surface area (Å²) in [5, 5.41) is 8.69. The fourth-order valence-electron chi connectivity index (χ4n) is 1.63. The first-order valence-corrected chi connectivity index (χ1v) is 5.57. The second-order valence-corrected chi connectivity index (χ2v) is 3.80. The molecule has 0 aromatic heterocycles. The van der Waals surface area contributed by atoms with Crippen molar-refractivity contribution in [1.29, 1.82) is 0 Å². The van der Waals surface area contributed by atoms with E-state index >= 15 is 0 Å². The molecule has 0 radical (unpaired) electrons. The third-order valence-corrected chi connectivity index (χ3v) is 2.59. The maximum atomic E-state index is 10.6. The van der Waals surface area contributed by atoms with Gasteiger partial charge in [0.1, 0.15) is 0 Å². The molecule has 14 heavy (non-hydrogen) atoms. The minimum Gasteiger partial charge on any atom is -0.480 e. The fourth-order valence-corrected chi connectivity index (χ4v) is 1.63. The van der Waals surface area contributed by atoms with Gasteiger partial charge in [0.25, 0.3) is 0 Å². The highest BCUT2D eigenvalue weighted by Gasteiger charge is 2.14. The molecular weight excluding hydrogens is 178 g/mol. The molecule has 0 bridgehead atoms. The van der Waals surface area contributed by atoms with E-state index in [0.29, 0.717) is 6.04 Å². The molecule has 1 N–H and O–H groups in total. The molecule has 3 heteroatoms. The lowest BCUT2D eigenvalue weighted by molar-refractivity contribution is -0.138. The lowest BCUT2D eigenvalue weighted by Crippen LogP contribution is -2.37. The first kappa shape index (κ1) is 13.4. The summed E-state index contributed by atoms with van der Waals surface area (Å²) in [4.78, 5) is 12.6. The van der Waals surface area contributed by atoms with Crippen LogP contribution in [0.4, 0.5) is 0 Å². The number of hydrogen-bond donors (Lipinski definition) is 1. The van der Waals surface area contributed by atoms with Gasteiger partial charge in [0.15, 0.2) is 0 Å².